The minimum absolute atomic E-state index is 0.0187. The minimum Gasteiger partial charge on any atom is -0.492 e. The number of hydrogen-bond donors (Lipinski definition) is 0. The Balaban J connectivity index is 1.85. The van der Waals surface area contributed by atoms with E-state index >= 15 is 0 Å². The molecule has 8 heteroatoms. The standard InChI is InChI=1S/C31H31ClN4O3/c1-4-6-10-15-35-30(37)25(21(3)26(19-33)31(35)38)17-23-20-36(24-11-8-7-9-12-24)34-29(23)22-13-14-28(27(32)18-22)39-16-5-2/h7-9,11-14,17-18,20H,4-6,10,15-16H2,1-3H3/b25-17+. The van der Waals surface area contributed by atoms with Crippen molar-refractivity contribution >= 4 is 29.5 Å². The molecule has 7 nitrogen and oxygen atoms in total. The first-order chi connectivity index (χ1) is 18.9. The van der Waals surface area contributed by atoms with Gasteiger partial charge in [0.05, 0.1) is 17.3 Å². The molecule has 0 aliphatic carbocycles. The molecule has 2 aromatic carbocycles. The Morgan fingerprint density at radius 3 is 2.49 bits per heavy atom. The van der Waals surface area contributed by atoms with E-state index in [1.54, 1.807) is 23.7 Å². The highest BCUT2D eigenvalue weighted by atomic mass is 35.5. The highest BCUT2D eigenvalue weighted by molar-refractivity contribution is 6.32. The average molecular weight is 543 g/mol. The van der Waals surface area contributed by atoms with Crippen LogP contribution in [0.2, 0.25) is 5.02 Å². The largest absolute Gasteiger partial charge is 0.492 e. The number of unbranched alkanes of at least 4 members (excludes halogenated alkanes) is 2. The van der Waals surface area contributed by atoms with Gasteiger partial charge in [0, 0.05) is 29.4 Å². The lowest BCUT2D eigenvalue weighted by atomic mass is 9.93. The molecule has 1 aromatic heterocycles. The van der Waals surface area contributed by atoms with Crippen LogP contribution in [0.15, 0.2) is 71.4 Å². The van der Waals surface area contributed by atoms with Crippen molar-refractivity contribution in [3.05, 3.63) is 82.0 Å². The zero-order chi connectivity index (χ0) is 27.9. The molecule has 2 heterocycles. The van der Waals surface area contributed by atoms with Gasteiger partial charge in [-0.1, -0.05) is 56.5 Å². The van der Waals surface area contributed by atoms with Crippen LogP contribution in [0.25, 0.3) is 23.0 Å². The second-order valence-electron chi connectivity index (χ2n) is 9.35. The lowest BCUT2D eigenvalue weighted by Gasteiger charge is -2.27. The first-order valence-corrected chi connectivity index (χ1v) is 13.5. The number of amides is 2. The van der Waals surface area contributed by atoms with Crippen molar-refractivity contribution in [2.24, 2.45) is 0 Å². The van der Waals surface area contributed by atoms with Crippen LogP contribution in [0.5, 0.6) is 5.75 Å². The van der Waals surface area contributed by atoms with Crippen LogP contribution in [-0.4, -0.2) is 39.6 Å². The number of rotatable bonds is 10. The third kappa shape index (κ3) is 5.97. The number of ether oxygens (including phenoxy) is 1. The zero-order valence-corrected chi connectivity index (χ0v) is 23.2. The van der Waals surface area contributed by atoms with Gasteiger partial charge in [-0.25, -0.2) is 4.68 Å². The van der Waals surface area contributed by atoms with Gasteiger partial charge in [-0.3, -0.25) is 14.5 Å². The van der Waals surface area contributed by atoms with E-state index in [0.29, 0.717) is 46.2 Å². The first-order valence-electron chi connectivity index (χ1n) is 13.2. The normalized spacial score (nSPS) is 14.7. The van der Waals surface area contributed by atoms with Crippen LogP contribution >= 0.6 is 11.6 Å². The fourth-order valence-electron chi connectivity index (χ4n) is 4.42. The number of carbonyl (C=O) groups excluding carboxylic acids is 2. The molecule has 0 bridgehead atoms. The highest BCUT2D eigenvalue weighted by Gasteiger charge is 2.35. The molecule has 0 N–H and O–H groups in total. The molecule has 39 heavy (non-hydrogen) atoms. The van der Waals surface area contributed by atoms with Crippen LogP contribution < -0.4 is 4.74 Å². The molecule has 0 radical (unpaired) electrons. The summed E-state index contributed by atoms with van der Waals surface area (Å²) in [5, 5.41) is 15.0. The van der Waals surface area contributed by atoms with Gasteiger partial charge in [-0.15, -0.1) is 0 Å². The molecule has 0 atom stereocenters. The number of imide groups is 1. The number of halogens is 1. The van der Waals surface area contributed by atoms with E-state index in [4.69, 9.17) is 21.4 Å². The minimum atomic E-state index is -0.539. The summed E-state index contributed by atoms with van der Waals surface area (Å²) in [5.74, 6) is -0.360. The number of carbonyl (C=O) groups is 2. The van der Waals surface area contributed by atoms with Crippen LogP contribution in [-0.2, 0) is 9.59 Å². The summed E-state index contributed by atoms with van der Waals surface area (Å²) >= 11 is 6.55. The zero-order valence-electron chi connectivity index (χ0n) is 22.4. The molecule has 0 saturated carbocycles. The van der Waals surface area contributed by atoms with Crippen molar-refractivity contribution in [2.45, 2.75) is 46.5 Å². The molecule has 200 valence electrons. The van der Waals surface area contributed by atoms with Crippen molar-refractivity contribution in [1.82, 2.24) is 14.7 Å². The summed E-state index contributed by atoms with van der Waals surface area (Å²) < 4.78 is 7.46. The monoisotopic (exact) mass is 542 g/mol. The number of benzene rings is 2. The van der Waals surface area contributed by atoms with Gasteiger partial charge in [-0.05, 0) is 61.7 Å². The Morgan fingerprint density at radius 1 is 1.05 bits per heavy atom. The Labute approximate surface area is 233 Å². The van der Waals surface area contributed by atoms with E-state index in [-0.39, 0.29) is 12.1 Å². The summed E-state index contributed by atoms with van der Waals surface area (Å²) in [7, 11) is 0. The second-order valence-corrected chi connectivity index (χ2v) is 9.75. The lowest BCUT2D eigenvalue weighted by molar-refractivity contribution is -0.140. The van der Waals surface area contributed by atoms with Crippen LogP contribution in [0.4, 0.5) is 0 Å². The fraction of sp³-hybridized carbons (Fsp3) is 0.290. The van der Waals surface area contributed by atoms with Crippen LogP contribution in [0, 0.1) is 11.3 Å². The number of para-hydroxylation sites is 1. The molecule has 4 rings (SSSR count). The van der Waals surface area contributed by atoms with E-state index in [1.165, 1.54) is 4.90 Å². The molecule has 0 fully saturated rings. The average Bonchev–Trinajstić information content (AvgIpc) is 3.37. The van der Waals surface area contributed by atoms with Crippen molar-refractivity contribution in [3.8, 4) is 28.8 Å². The maximum Gasteiger partial charge on any atom is 0.271 e. The first kappa shape index (κ1) is 27.9. The van der Waals surface area contributed by atoms with Gasteiger partial charge in [-0.2, -0.15) is 10.4 Å². The highest BCUT2D eigenvalue weighted by Crippen LogP contribution is 2.34. The summed E-state index contributed by atoms with van der Waals surface area (Å²) in [6.07, 6.45) is 6.92. The van der Waals surface area contributed by atoms with E-state index in [1.807, 2.05) is 61.7 Å². The molecular formula is C31H31ClN4O3. The SMILES string of the molecule is CCCCCN1C(=O)C(C#N)=C(C)/C(=C\c2cn(-c3ccccc3)nc2-c2ccc(OCCC)c(Cl)c2)C1=O. The predicted octanol–water partition coefficient (Wildman–Crippen LogP) is 6.76. The summed E-state index contributed by atoms with van der Waals surface area (Å²) in [6.45, 7) is 6.55. The number of hydrogen-bond acceptors (Lipinski definition) is 5. The molecule has 1 aliphatic rings. The summed E-state index contributed by atoms with van der Waals surface area (Å²) in [5.41, 5.74) is 3.48. The van der Waals surface area contributed by atoms with Gasteiger partial charge >= 0.3 is 0 Å². The number of aromatic nitrogens is 2. The fourth-order valence-corrected chi connectivity index (χ4v) is 4.65. The van der Waals surface area contributed by atoms with Gasteiger partial charge in [0.1, 0.15) is 23.1 Å². The maximum absolute atomic E-state index is 13.6. The van der Waals surface area contributed by atoms with Gasteiger partial charge in [0.2, 0.25) is 0 Å². The molecule has 0 unspecified atom stereocenters. The topological polar surface area (TPSA) is 88.2 Å². The van der Waals surface area contributed by atoms with Crippen molar-refractivity contribution in [3.63, 3.8) is 0 Å². The number of nitriles is 1. The second kappa shape index (κ2) is 12.6. The van der Waals surface area contributed by atoms with Crippen molar-refractivity contribution in [2.75, 3.05) is 13.2 Å². The molecule has 0 spiro atoms. The molecule has 3 aromatic rings. The maximum atomic E-state index is 13.6. The smallest absolute Gasteiger partial charge is 0.271 e. The molecule has 1 aliphatic heterocycles. The van der Waals surface area contributed by atoms with Gasteiger partial charge < -0.3 is 4.74 Å². The third-order valence-electron chi connectivity index (χ3n) is 6.54. The summed E-state index contributed by atoms with van der Waals surface area (Å²) in [6, 6.07) is 17.1. The Kier molecular flexibility index (Phi) is 9.00. The lowest BCUT2D eigenvalue weighted by Crippen LogP contribution is -2.43. The number of nitrogens with zero attached hydrogens (tertiary/aromatic N) is 4. The van der Waals surface area contributed by atoms with E-state index < -0.39 is 11.8 Å². The van der Waals surface area contributed by atoms with Crippen molar-refractivity contribution < 1.29 is 14.3 Å². The van der Waals surface area contributed by atoms with Gasteiger partial charge in [0.15, 0.2) is 0 Å². The van der Waals surface area contributed by atoms with Crippen LogP contribution in [0.3, 0.4) is 0 Å². The van der Waals surface area contributed by atoms with E-state index in [9.17, 15) is 14.9 Å². The van der Waals surface area contributed by atoms with Crippen molar-refractivity contribution in [1.29, 1.82) is 5.26 Å². The van der Waals surface area contributed by atoms with Gasteiger partial charge in [0.25, 0.3) is 11.8 Å². The molecular weight excluding hydrogens is 512 g/mol. The Morgan fingerprint density at radius 2 is 1.82 bits per heavy atom. The molecule has 2 amide bonds. The Hall–Kier alpha value is -4.15. The Bertz CT molecular complexity index is 1480. The van der Waals surface area contributed by atoms with E-state index in [0.717, 1.165) is 30.5 Å². The third-order valence-corrected chi connectivity index (χ3v) is 6.84. The molecule has 0 saturated heterocycles. The predicted molar refractivity (Wildman–Crippen MR) is 152 cm³/mol. The summed E-state index contributed by atoms with van der Waals surface area (Å²) in [4.78, 5) is 27.7. The van der Waals surface area contributed by atoms with Crippen LogP contribution in [0.1, 0.15) is 52.0 Å². The van der Waals surface area contributed by atoms with E-state index in [2.05, 4.69) is 6.92 Å². The quantitative estimate of drug-likeness (QED) is 0.160.